The van der Waals surface area contributed by atoms with Crippen LogP contribution in [-0.4, -0.2) is 34.5 Å². The Morgan fingerprint density at radius 1 is 1.12 bits per heavy atom. The fourth-order valence-electron chi connectivity index (χ4n) is 0.607. The predicted molar refractivity (Wildman–Crippen MR) is 55.0 cm³/mol. The summed E-state index contributed by atoms with van der Waals surface area (Å²) in [5.74, 6) is -1.38. The van der Waals surface area contributed by atoms with E-state index in [1.807, 2.05) is 0 Å². The zero-order valence-electron chi connectivity index (χ0n) is 8.76. The molecule has 16 heavy (non-hydrogen) atoms. The summed E-state index contributed by atoms with van der Waals surface area (Å²) in [5.41, 5.74) is -0.544. The Bertz CT molecular complexity index is 295. The zero-order chi connectivity index (χ0) is 12.8. The van der Waals surface area contributed by atoms with Crippen LogP contribution in [-0.2, 0) is 4.79 Å². The van der Waals surface area contributed by atoms with E-state index in [0.29, 0.717) is 6.08 Å². The summed E-state index contributed by atoms with van der Waals surface area (Å²) in [7, 11) is 0. The highest BCUT2D eigenvalue weighted by Crippen LogP contribution is 1.90. The molecule has 0 rings (SSSR count). The molecule has 0 aliphatic carbocycles. The second-order valence-electron chi connectivity index (χ2n) is 2.61. The molecule has 0 saturated carbocycles. The van der Waals surface area contributed by atoms with E-state index in [-0.39, 0.29) is 13.2 Å². The number of allylic oxidation sites excluding steroid dienone is 1. The van der Waals surface area contributed by atoms with Gasteiger partial charge in [-0.3, -0.25) is 0 Å². The van der Waals surface area contributed by atoms with Crippen LogP contribution in [0.25, 0.3) is 0 Å². The minimum atomic E-state index is -1.38. The molecule has 0 amide bonds. The van der Waals surface area contributed by atoms with Crippen molar-refractivity contribution in [3.8, 4) is 12.1 Å². The van der Waals surface area contributed by atoms with E-state index in [2.05, 4.69) is 0 Å². The summed E-state index contributed by atoms with van der Waals surface area (Å²) in [5, 5.41) is 40.3. The van der Waals surface area contributed by atoms with Gasteiger partial charge in [0.05, 0.1) is 6.07 Å². The van der Waals surface area contributed by atoms with Gasteiger partial charge in [-0.2, -0.15) is 10.5 Å². The van der Waals surface area contributed by atoms with Gasteiger partial charge in [-0.15, -0.1) is 0 Å². The number of rotatable bonds is 5. The van der Waals surface area contributed by atoms with E-state index >= 15 is 0 Å². The molecule has 0 aliphatic heterocycles. The lowest BCUT2D eigenvalue weighted by Crippen LogP contribution is -1.96. The number of aliphatic hydroxyl groups excluding tert-OH is 2. The lowest BCUT2D eigenvalue weighted by Gasteiger charge is -1.90. The summed E-state index contributed by atoms with van der Waals surface area (Å²) in [6.45, 7) is 0.500. The quantitative estimate of drug-likeness (QED) is 0.349. The molecule has 0 bridgehead atoms. The first-order valence-corrected chi connectivity index (χ1v) is 4.58. The van der Waals surface area contributed by atoms with Gasteiger partial charge >= 0.3 is 5.97 Å². The number of unbranched alkanes of at least 4 members (excludes halogenated alkanes) is 2. The van der Waals surface area contributed by atoms with Crippen LogP contribution >= 0.6 is 0 Å². The maximum atomic E-state index is 9.88. The fraction of sp³-hybridized carbons (Fsp3) is 0.500. The van der Waals surface area contributed by atoms with Crippen LogP contribution in [0.1, 0.15) is 19.3 Å². The van der Waals surface area contributed by atoms with Crippen molar-refractivity contribution in [1.82, 2.24) is 0 Å². The van der Waals surface area contributed by atoms with Gasteiger partial charge in [-0.1, -0.05) is 0 Å². The van der Waals surface area contributed by atoms with E-state index in [1.165, 1.54) is 12.1 Å². The smallest absolute Gasteiger partial charge is 0.347 e. The second-order valence-corrected chi connectivity index (χ2v) is 2.61. The number of aliphatic hydroxyl groups is 2. The lowest BCUT2D eigenvalue weighted by atomic mass is 10.2. The standard InChI is InChI=1S/C5H2N2O2.C5H12O2/c6-2-1-4(3-7)5(8)9;6-4-2-1-3-5-7/h1H,(H,8,9);6-7H,1-5H2. The Hall–Kier alpha value is -1.89. The van der Waals surface area contributed by atoms with Gasteiger partial charge in [-0.25, -0.2) is 4.79 Å². The molecule has 0 aromatic carbocycles. The van der Waals surface area contributed by atoms with Crippen LogP contribution in [0, 0.1) is 22.7 Å². The summed E-state index contributed by atoms with van der Waals surface area (Å²) in [6.07, 6.45) is 3.26. The molecule has 6 heteroatoms. The van der Waals surface area contributed by atoms with Crippen LogP contribution in [0.5, 0.6) is 0 Å². The highest BCUT2D eigenvalue weighted by atomic mass is 16.4. The number of hydrogen-bond donors (Lipinski definition) is 3. The summed E-state index contributed by atoms with van der Waals surface area (Å²) < 4.78 is 0. The molecule has 6 nitrogen and oxygen atoms in total. The molecule has 0 fully saturated rings. The molecule has 0 radical (unpaired) electrons. The van der Waals surface area contributed by atoms with Crippen molar-refractivity contribution in [3.63, 3.8) is 0 Å². The summed E-state index contributed by atoms with van der Waals surface area (Å²) >= 11 is 0. The van der Waals surface area contributed by atoms with E-state index in [1.54, 1.807) is 0 Å². The molecule has 0 heterocycles. The fourth-order valence-corrected chi connectivity index (χ4v) is 0.607. The number of hydrogen-bond acceptors (Lipinski definition) is 5. The zero-order valence-corrected chi connectivity index (χ0v) is 8.76. The van der Waals surface area contributed by atoms with Gasteiger partial charge in [-0.05, 0) is 19.3 Å². The Kier molecular flexibility index (Phi) is 13.5. The van der Waals surface area contributed by atoms with Crippen LogP contribution in [0.4, 0.5) is 0 Å². The first kappa shape index (κ1) is 16.5. The minimum absolute atomic E-state index is 0.250. The van der Waals surface area contributed by atoms with E-state index < -0.39 is 11.5 Å². The largest absolute Gasteiger partial charge is 0.477 e. The van der Waals surface area contributed by atoms with Gasteiger partial charge < -0.3 is 15.3 Å². The molecule has 88 valence electrons. The molecule has 0 aliphatic rings. The number of carboxylic acids is 1. The van der Waals surface area contributed by atoms with Crippen molar-refractivity contribution in [2.75, 3.05) is 13.2 Å². The third-order valence-corrected chi connectivity index (χ3v) is 1.38. The summed E-state index contributed by atoms with van der Waals surface area (Å²) in [6, 6.07) is 2.78. The topological polar surface area (TPSA) is 125 Å². The van der Waals surface area contributed by atoms with Gasteiger partial charge in [0.25, 0.3) is 0 Å². The van der Waals surface area contributed by atoms with Crippen LogP contribution in [0.3, 0.4) is 0 Å². The van der Waals surface area contributed by atoms with E-state index in [0.717, 1.165) is 19.3 Å². The monoisotopic (exact) mass is 226 g/mol. The van der Waals surface area contributed by atoms with Gasteiger partial charge in [0.1, 0.15) is 11.6 Å². The summed E-state index contributed by atoms with van der Waals surface area (Å²) in [4.78, 5) is 9.88. The van der Waals surface area contributed by atoms with Crippen LogP contribution < -0.4 is 0 Å². The lowest BCUT2D eigenvalue weighted by molar-refractivity contribution is -0.132. The molecular weight excluding hydrogens is 212 g/mol. The highest BCUT2D eigenvalue weighted by Gasteiger charge is 2.02. The third kappa shape index (κ3) is 12.1. The highest BCUT2D eigenvalue weighted by molar-refractivity contribution is 5.91. The van der Waals surface area contributed by atoms with E-state index in [4.69, 9.17) is 25.8 Å². The SMILES string of the molecule is N#CC=C(C#N)C(=O)O.OCCCCCO. The molecule has 0 saturated heterocycles. The number of aliphatic carboxylic acids is 1. The van der Waals surface area contributed by atoms with Crippen molar-refractivity contribution in [2.45, 2.75) is 19.3 Å². The number of carbonyl (C=O) groups is 1. The normalized spacial score (nSPS) is 9.38. The van der Waals surface area contributed by atoms with Crippen molar-refractivity contribution in [3.05, 3.63) is 11.6 Å². The molecule has 0 aromatic rings. The maximum Gasteiger partial charge on any atom is 0.347 e. The average Bonchev–Trinajstić information content (AvgIpc) is 2.27. The van der Waals surface area contributed by atoms with Crippen LogP contribution in [0.15, 0.2) is 11.6 Å². The van der Waals surface area contributed by atoms with E-state index in [9.17, 15) is 4.79 Å². The minimum Gasteiger partial charge on any atom is -0.477 e. The van der Waals surface area contributed by atoms with Gasteiger partial charge in [0.2, 0.25) is 0 Å². The van der Waals surface area contributed by atoms with Gasteiger partial charge in [0.15, 0.2) is 0 Å². The van der Waals surface area contributed by atoms with Crippen molar-refractivity contribution in [1.29, 1.82) is 10.5 Å². The Morgan fingerprint density at radius 2 is 1.62 bits per heavy atom. The van der Waals surface area contributed by atoms with Crippen LogP contribution in [0.2, 0.25) is 0 Å². The second kappa shape index (κ2) is 13.1. The molecule has 3 N–H and O–H groups in total. The first-order valence-electron chi connectivity index (χ1n) is 4.58. The predicted octanol–water partition coefficient (Wildman–Crippen LogP) is 0.186. The molecule has 0 atom stereocenters. The number of nitriles is 2. The maximum absolute atomic E-state index is 9.88. The Labute approximate surface area is 93.7 Å². The average molecular weight is 226 g/mol. The van der Waals surface area contributed by atoms with Crippen molar-refractivity contribution >= 4 is 5.97 Å². The Morgan fingerprint density at radius 3 is 1.81 bits per heavy atom. The number of nitrogens with zero attached hydrogens (tertiary/aromatic N) is 2. The molecule has 0 aromatic heterocycles. The Balaban J connectivity index is 0. The molecule has 0 spiro atoms. The van der Waals surface area contributed by atoms with Gasteiger partial charge in [0, 0.05) is 19.3 Å². The molecule has 0 unspecified atom stereocenters. The first-order chi connectivity index (χ1) is 7.63. The third-order valence-electron chi connectivity index (χ3n) is 1.38. The molecular formula is C10H14N2O4. The van der Waals surface area contributed by atoms with Crippen molar-refractivity contribution in [2.24, 2.45) is 0 Å². The van der Waals surface area contributed by atoms with Crippen molar-refractivity contribution < 1.29 is 20.1 Å². The number of carboxylic acid groups (broad SMARTS) is 1.